The molecule has 0 unspecified atom stereocenters. The lowest BCUT2D eigenvalue weighted by Gasteiger charge is -2.13. The largest absolute Gasteiger partial charge is 0.417 e. The maximum Gasteiger partial charge on any atom is 0.417 e. The number of benzene rings is 2. The first-order chi connectivity index (χ1) is 9.77. The van der Waals surface area contributed by atoms with Crippen molar-refractivity contribution in [2.45, 2.75) is 13.1 Å². The van der Waals surface area contributed by atoms with Crippen molar-refractivity contribution in [1.29, 1.82) is 0 Å². The number of nitrogens with one attached hydrogen (secondary N) is 1. The van der Waals surface area contributed by atoms with Gasteiger partial charge in [0, 0.05) is 10.2 Å². The highest BCUT2D eigenvalue weighted by molar-refractivity contribution is 9.10. The summed E-state index contributed by atoms with van der Waals surface area (Å²) >= 11 is 2.98. The molecule has 0 aliphatic heterocycles. The van der Waals surface area contributed by atoms with E-state index >= 15 is 0 Å². The summed E-state index contributed by atoms with van der Waals surface area (Å²) in [5, 5.41) is 2.46. The molecule has 2 nitrogen and oxygen atoms in total. The average Bonchev–Trinajstić information content (AvgIpc) is 2.40. The number of halogens is 4. The molecule has 0 bridgehead atoms. The summed E-state index contributed by atoms with van der Waals surface area (Å²) < 4.78 is 39.2. The number of alkyl halides is 3. The van der Waals surface area contributed by atoms with Crippen LogP contribution in [0.15, 0.2) is 46.9 Å². The number of amides is 1. The number of anilines is 1. The molecule has 2 rings (SSSR count). The van der Waals surface area contributed by atoms with Crippen LogP contribution in [0.4, 0.5) is 18.9 Å². The zero-order valence-electron chi connectivity index (χ0n) is 11.0. The topological polar surface area (TPSA) is 29.1 Å². The van der Waals surface area contributed by atoms with Crippen LogP contribution in [-0.4, -0.2) is 5.91 Å². The van der Waals surface area contributed by atoms with Crippen molar-refractivity contribution in [2.75, 3.05) is 5.32 Å². The predicted molar refractivity (Wildman–Crippen MR) is 78.3 cm³/mol. The molecule has 1 N–H and O–H groups in total. The van der Waals surface area contributed by atoms with Gasteiger partial charge < -0.3 is 5.32 Å². The molecule has 0 saturated heterocycles. The Balaban J connectivity index is 2.33. The van der Waals surface area contributed by atoms with Gasteiger partial charge in [0.1, 0.15) is 0 Å². The molecule has 110 valence electrons. The molecular formula is C15H11BrF3NO. The Morgan fingerprint density at radius 2 is 1.71 bits per heavy atom. The molecule has 0 saturated carbocycles. The molecular weight excluding hydrogens is 347 g/mol. The van der Waals surface area contributed by atoms with Crippen LogP contribution < -0.4 is 5.32 Å². The third-order valence-corrected chi connectivity index (χ3v) is 3.33. The van der Waals surface area contributed by atoms with Gasteiger partial charge in [-0.05, 0) is 37.3 Å². The maximum atomic E-state index is 13.0. The van der Waals surface area contributed by atoms with Gasteiger partial charge in [0.05, 0.1) is 11.1 Å². The van der Waals surface area contributed by atoms with E-state index in [1.54, 1.807) is 24.3 Å². The van der Waals surface area contributed by atoms with Crippen LogP contribution in [0, 0.1) is 6.92 Å². The molecule has 2 aromatic rings. The smallest absolute Gasteiger partial charge is 0.322 e. The average molecular weight is 358 g/mol. The summed E-state index contributed by atoms with van der Waals surface area (Å²) in [7, 11) is 0. The lowest BCUT2D eigenvalue weighted by molar-refractivity contribution is -0.137. The normalized spacial score (nSPS) is 11.3. The van der Waals surface area contributed by atoms with Gasteiger partial charge in [-0.25, -0.2) is 0 Å². The Morgan fingerprint density at radius 3 is 2.29 bits per heavy atom. The van der Waals surface area contributed by atoms with Gasteiger partial charge in [0.25, 0.3) is 5.91 Å². The number of carbonyl (C=O) groups is 1. The Morgan fingerprint density at radius 1 is 1.10 bits per heavy atom. The van der Waals surface area contributed by atoms with E-state index in [4.69, 9.17) is 0 Å². The molecule has 0 atom stereocenters. The van der Waals surface area contributed by atoms with Gasteiger partial charge >= 0.3 is 6.18 Å². The summed E-state index contributed by atoms with van der Waals surface area (Å²) in [5.74, 6) is -0.793. The second-order valence-electron chi connectivity index (χ2n) is 4.51. The fraction of sp³-hybridized carbons (Fsp3) is 0.133. The van der Waals surface area contributed by atoms with E-state index < -0.39 is 23.2 Å². The summed E-state index contributed by atoms with van der Waals surface area (Å²) in [6.07, 6.45) is -4.59. The van der Waals surface area contributed by atoms with Gasteiger partial charge in [-0.2, -0.15) is 13.2 Å². The Hall–Kier alpha value is -1.82. The minimum atomic E-state index is -4.59. The van der Waals surface area contributed by atoms with Gasteiger partial charge in [0.15, 0.2) is 0 Å². The van der Waals surface area contributed by atoms with Crippen molar-refractivity contribution in [2.24, 2.45) is 0 Å². The van der Waals surface area contributed by atoms with Crippen molar-refractivity contribution in [3.8, 4) is 0 Å². The van der Waals surface area contributed by atoms with Gasteiger partial charge in [-0.3, -0.25) is 4.79 Å². The van der Waals surface area contributed by atoms with Crippen LogP contribution in [0.2, 0.25) is 0 Å². The van der Waals surface area contributed by atoms with E-state index in [-0.39, 0.29) is 4.47 Å². The number of aryl methyl sites for hydroxylation is 1. The third-order valence-electron chi connectivity index (χ3n) is 2.84. The van der Waals surface area contributed by atoms with Gasteiger partial charge in [-0.15, -0.1) is 0 Å². The molecule has 2 aromatic carbocycles. The van der Waals surface area contributed by atoms with Crippen molar-refractivity contribution in [3.63, 3.8) is 0 Å². The lowest BCUT2D eigenvalue weighted by Crippen LogP contribution is -2.18. The Kier molecular flexibility index (Phi) is 4.37. The van der Waals surface area contributed by atoms with E-state index in [9.17, 15) is 18.0 Å². The number of hydrogen-bond acceptors (Lipinski definition) is 1. The van der Waals surface area contributed by atoms with Crippen LogP contribution >= 0.6 is 15.9 Å². The molecule has 0 aliphatic rings. The maximum absolute atomic E-state index is 13.0. The fourth-order valence-electron chi connectivity index (χ4n) is 1.78. The molecule has 0 heterocycles. The van der Waals surface area contributed by atoms with E-state index in [1.807, 2.05) is 6.92 Å². The monoisotopic (exact) mass is 357 g/mol. The van der Waals surface area contributed by atoms with Gasteiger partial charge in [0.2, 0.25) is 0 Å². The first-order valence-corrected chi connectivity index (χ1v) is 6.81. The number of carbonyl (C=O) groups excluding carboxylic acids is 1. The van der Waals surface area contributed by atoms with E-state index in [2.05, 4.69) is 21.2 Å². The second kappa shape index (κ2) is 5.89. The lowest BCUT2D eigenvalue weighted by atomic mass is 10.1. The minimum Gasteiger partial charge on any atom is -0.322 e. The highest BCUT2D eigenvalue weighted by atomic mass is 79.9. The summed E-state index contributed by atoms with van der Waals surface area (Å²) in [6, 6.07) is 10.3. The van der Waals surface area contributed by atoms with E-state index in [1.165, 1.54) is 6.07 Å². The first kappa shape index (κ1) is 15.6. The van der Waals surface area contributed by atoms with Crippen LogP contribution in [-0.2, 0) is 6.18 Å². The molecule has 0 spiro atoms. The molecule has 0 aliphatic carbocycles. The Bertz CT molecular complexity index is 666. The van der Waals surface area contributed by atoms with Crippen LogP contribution in [0.5, 0.6) is 0 Å². The zero-order chi connectivity index (χ0) is 15.6. The van der Waals surface area contributed by atoms with Crippen molar-refractivity contribution < 1.29 is 18.0 Å². The molecule has 0 aromatic heterocycles. The molecule has 0 radical (unpaired) electrons. The second-order valence-corrected chi connectivity index (χ2v) is 5.42. The summed E-state index contributed by atoms with van der Waals surface area (Å²) in [6.45, 7) is 1.88. The van der Waals surface area contributed by atoms with Crippen molar-refractivity contribution in [1.82, 2.24) is 0 Å². The fourth-order valence-corrected chi connectivity index (χ4v) is 2.15. The Labute approximate surface area is 128 Å². The predicted octanol–water partition coefficient (Wildman–Crippen LogP) is 5.03. The third kappa shape index (κ3) is 3.85. The molecule has 21 heavy (non-hydrogen) atoms. The number of hydrogen-bond donors (Lipinski definition) is 1. The summed E-state index contributed by atoms with van der Waals surface area (Å²) in [4.78, 5) is 12.1. The van der Waals surface area contributed by atoms with E-state index in [0.717, 1.165) is 17.7 Å². The summed E-state index contributed by atoms with van der Waals surface area (Å²) in [5.41, 5.74) is 0.0574. The highest BCUT2D eigenvalue weighted by Gasteiger charge is 2.35. The minimum absolute atomic E-state index is 0.265. The zero-order valence-corrected chi connectivity index (χ0v) is 12.5. The van der Waals surface area contributed by atoms with Crippen LogP contribution in [0.1, 0.15) is 21.5 Å². The van der Waals surface area contributed by atoms with Crippen LogP contribution in [0.25, 0.3) is 0 Å². The number of rotatable bonds is 2. The molecule has 0 fully saturated rings. The SMILES string of the molecule is Cc1ccc(NC(=O)c2ccc(Br)cc2C(F)(F)F)cc1. The van der Waals surface area contributed by atoms with Crippen LogP contribution in [0.3, 0.4) is 0 Å². The van der Waals surface area contributed by atoms with Crippen molar-refractivity contribution >= 4 is 27.5 Å². The molecule has 1 amide bonds. The first-order valence-electron chi connectivity index (χ1n) is 6.02. The van der Waals surface area contributed by atoms with Gasteiger partial charge in [-0.1, -0.05) is 33.6 Å². The van der Waals surface area contributed by atoms with E-state index in [0.29, 0.717) is 5.69 Å². The highest BCUT2D eigenvalue weighted by Crippen LogP contribution is 2.34. The quantitative estimate of drug-likeness (QED) is 0.802. The van der Waals surface area contributed by atoms with Crippen molar-refractivity contribution in [3.05, 3.63) is 63.6 Å². The standard InChI is InChI=1S/C15H11BrF3NO/c1-9-2-5-11(6-3-9)20-14(21)12-7-4-10(16)8-13(12)15(17,18)19/h2-8H,1H3,(H,20,21). The molecule has 6 heteroatoms.